The van der Waals surface area contributed by atoms with E-state index in [1.807, 2.05) is 36.4 Å². The van der Waals surface area contributed by atoms with Crippen LogP contribution in [0, 0.1) is 5.92 Å². The van der Waals surface area contributed by atoms with Crippen molar-refractivity contribution in [3.63, 3.8) is 0 Å². The second-order valence-corrected chi connectivity index (χ2v) is 13.4. The van der Waals surface area contributed by atoms with Crippen molar-refractivity contribution in [2.24, 2.45) is 5.92 Å². The molecule has 8 rings (SSSR count). The SMILES string of the molecule is CN1C[C@H](C(=O)N[C@]2(C)C[C@@]3(O)C4CCCN4C(=O)[C@H](Cc4ccccc4)N3C2=O)C=C2c3cccc4[nH]cc(c34)C[C@H]21. The molecule has 2 aromatic carbocycles. The Morgan fingerprint density at radius 1 is 1.14 bits per heavy atom. The van der Waals surface area contributed by atoms with Crippen molar-refractivity contribution in [1.29, 1.82) is 0 Å². The van der Waals surface area contributed by atoms with E-state index in [0.717, 1.165) is 35.1 Å². The van der Waals surface area contributed by atoms with Crippen LogP contribution in [-0.2, 0) is 27.2 Å². The van der Waals surface area contributed by atoms with Crippen molar-refractivity contribution in [2.75, 3.05) is 20.1 Å². The number of H-pyrrole nitrogens is 1. The second-order valence-electron chi connectivity index (χ2n) is 13.4. The monoisotopic (exact) mass is 579 g/mol. The van der Waals surface area contributed by atoms with Gasteiger partial charge in [-0.25, -0.2) is 0 Å². The number of aliphatic hydroxyl groups is 1. The normalized spacial score (nSPS) is 33.3. The Morgan fingerprint density at radius 2 is 1.95 bits per heavy atom. The highest BCUT2D eigenvalue weighted by Gasteiger charge is 2.68. The maximum atomic E-state index is 14.3. The summed E-state index contributed by atoms with van der Waals surface area (Å²) in [6.45, 7) is 2.81. The predicted molar refractivity (Wildman–Crippen MR) is 162 cm³/mol. The van der Waals surface area contributed by atoms with E-state index in [-0.39, 0.29) is 24.3 Å². The van der Waals surface area contributed by atoms with Crippen LogP contribution in [0.2, 0.25) is 0 Å². The Hall–Kier alpha value is -3.95. The topological polar surface area (TPSA) is 109 Å². The molecule has 9 nitrogen and oxygen atoms in total. The van der Waals surface area contributed by atoms with Crippen LogP contribution in [0.5, 0.6) is 0 Å². The van der Waals surface area contributed by atoms with Crippen molar-refractivity contribution in [3.05, 3.63) is 77.5 Å². The molecular weight excluding hydrogens is 542 g/mol. The van der Waals surface area contributed by atoms with E-state index < -0.39 is 35.2 Å². The number of hydrogen-bond donors (Lipinski definition) is 3. The second kappa shape index (κ2) is 9.27. The van der Waals surface area contributed by atoms with Gasteiger partial charge >= 0.3 is 0 Å². The van der Waals surface area contributed by atoms with Crippen molar-refractivity contribution < 1.29 is 19.5 Å². The maximum Gasteiger partial charge on any atom is 0.251 e. The van der Waals surface area contributed by atoms with Gasteiger partial charge in [-0.05, 0) is 61.6 Å². The zero-order chi connectivity index (χ0) is 29.7. The number of nitrogens with zero attached hydrogens (tertiary/aromatic N) is 3. The number of likely N-dealkylation sites (N-methyl/N-ethyl adjacent to an activating group) is 1. The van der Waals surface area contributed by atoms with Gasteiger partial charge in [0.1, 0.15) is 11.6 Å². The summed E-state index contributed by atoms with van der Waals surface area (Å²) in [5.74, 6) is -1.22. The first-order chi connectivity index (χ1) is 20.7. The summed E-state index contributed by atoms with van der Waals surface area (Å²) in [6.07, 6.45) is 6.80. The fourth-order valence-corrected chi connectivity index (χ4v) is 8.72. The molecule has 0 bridgehead atoms. The first kappa shape index (κ1) is 26.7. The highest BCUT2D eigenvalue weighted by molar-refractivity contribution is 6.01. The van der Waals surface area contributed by atoms with Crippen LogP contribution < -0.4 is 5.32 Å². The number of carbonyl (C=O) groups excluding carboxylic acids is 3. The molecule has 0 spiro atoms. The average molecular weight is 580 g/mol. The van der Waals surface area contributed by atoms with Crippen LogP contribution in [0.3, 0.4) is 0 Å². The third-order valence-corrected chi connectivity index (χ3v) is 10.7. The Labute approximate surface area is 250 Å². The van der Waals surface area contributed by atoms with Crippen LogP contribution in [0.4, 0.5) is 0 Å². The minimum Gasteiger partial charge on any atom is -0.369 e. The highest BCUT2D eigenvalue weighted by atomic mass is 16.3. The summed E-state index contributed by atoms with van der Waals surface area (Å²) in [6, 6.07) is 14.7. The molecule has 3 N–H and O–H groups in total. The van der Waals surface area contributed by atoms with Crippen LogP contribution in [-0.4, -0.2) is 92.0 Å². The van der Waals surface area contributed by atoms with E-state index in [2.05, 4.69) is 46.7 Å². The van der Waals surface area contributed by atoms with Crippen molar-refractivity contribution in [1.82, 2.24) is 25.0 Å². The number of rotatable bonds is 4. The minimum absolute atomic E-state index is 0.0398. The minimum atomic E-state index is -1.54. The lowest BCUT2D eigenvalue weighted by molar-refractivity contribution is -0.196. The Morgan fingerprint density at radius 3 is 2.77 bits per heavy atom. The van der Waals surface area contributed by atoms with Gasteiger partial charge in [-0.15, -0.1) is 0 Å². The molecule has 43 heavy (non-hydrogen) atoms. The number of benzene rings is 2. The van der Waals surface area contributed by atoms with E-state index in [1.54, 1.807) is 11.8 Å². The Balaban J connectivity index is 1.11. The molecule has 0 saturated carbocycles. The van der Waals surface area contributed by atoms with Gasteiger partial charge in [-0.1, -0.05) is 48.5 Å². The lowest BCUT2D eigenvalue weighted by Crippen LogP contribution is -2.71. The quantitative estimate of drug-likeness (QED) is 0.440. The average Bonchev–Trinajstić information content (AvgIpc) is 3.70. The number of aromatic nitrogens is 1. The van der Waals surface area contributed by atoms with Crippen molar-refractivity contribution in [3.8, 4) is 0 Å². The molecule has 3 saturated heterocycles. The molecular formula is C34H37N5O4. The molecule has 5 heterocycles. The number of hydrogen-bond acceptors (Lipinski definition) is 5. The fraction of sp³-hybridized carbons (Fsp3) is 0.441. The van der Waals surface area contributed by atoms with Gasteiger partial charge in [0.2, 0.25) is 11.8 Å². The summed E-state index contributed by atoms with van der Waals surface area (Å²) in [7, 11) is 2.05. The third kappa shape index (κ3) is 3.80. The van der Waals surface area contributed by atoms with Crippen LogP contribution in [0.1, 0.15) is 42.9 Å². The van der Waals surface area contributed by atoms with E-state index in [4.69, 9.17) is 0 Å². The molecule has 4 aliphatic heterocycles. The van der Waals surface area contributed by atoms with Crippen LogP contribution in [0.15, 0.2) is 60.8 Å². The molecule has 3 aromatic rings. The molecule has 3 fully saturated rings. The standard InChI is InChI=1S/C34H37N5O4/c1-33(36-30(40)22-15-24-23-10-6-11-25-29(23)21(17-35-25)16-26(24)37(2)18-22)19-34(43)28-12-7-13-38(28)31(41)27(39(34)32(33)42)14-20-8-4-3-5-9-20/h3-6,8-11,15,17,22,26-28,35,43H,7,12-14,16,18-19H2,1-2H3,(H,36,40)/t22-,26-,27+,28?,33-,34-/m1/s1. The van der Waals surface area contributed by atoms with Gasteiger partial charge in [-0.2, -0.15) is 0 Å². The van der Waals surface area contributed by atoms with Crippen molar-refractivity contribution >= 4 is 34.2 Å². The number of aromatic amines is 1. The van der Waals surface area contributed by atoms with E-state index in [1.165, 1.54) is 15.8 Å². The van der Waals surface area contributed by atoms with E-state index in [9.17, 15) is 19.5 Å². The molecule has 1 aromatic heterocycles. The predicted octanol–water partition coefficient (Wildman–Crippen LogP) is 2.45. The summed E-state index contributed by atoms with van der Waals surface area (Å²) in [5.41, 5.74) is 2.71. The zero-order valence-electron chi connectivity index (χ0n) is 24.5. The highest BCUT2D eigenvalue weighted by Crippen LogP contribution is 2.48. The lowest BCUT2D eigenvalue weighted by atomic mass is 9.79. The maximum absolute atomic E-state index is 14.3. The molecule has 0 radical (unpaired) electrons. The van der Waals surface area contributed by atoms with Gasteiger partial charge in [0, 0.05) is 49.1 Å². The van der Waals surface area contributed by atoms with Crippen LogP contribution in [0.25, 0.3) is 16.5 Å². The first-order valence-electron chi connectivity index (χ1n) is 15.4. The zero-order valence-corrected chi connectivity index (χ0v) is 24.5. The lowest BCUT2D eigenvalue weighted by Gasteiger charge is -2.50. The van der Waals surface area contributed by atoms with Gasteiger partial charge < -0.3 is 20.3 Å². The first-order valence-corrected chi connectivity index (χ1v) is 15.4. The number of piperazine rings is 1. The molecule has 9 heteroatoms. The van der Waals surface area contributed by atoms with Gasteiger partial charge in [0.25, 0.3) is 5.91 Å². The number of fused-ring (bicyclic) bond motifs is 5. The van der Waals surface area contributed by atoms with E-state index >= 15 is 0 Å². The summed E-state index contributed by atoms with van der Waals surface area (Å²) in [5, 5.41) is 16.6. The summed E-state index contributed by atoms with van der Waals surface area (Å²) < 4.78 is 0. The molecule has 222 valence electrons. The Bertz CT molecular complexity index is 1700. The molecule has 1 unspecified atom stereocenters. The molecule has 6 atom stereocenters. The van der Waals surface area contributed by atoms with Crippen molar-refractivity contribution in [2.45, 2.75) is 68.4 Å². The Kier molecular flexibility index (Phi) is 5.75. The molecule has 5 aliphatic rings. The van der Waals surface area contributed by atoms with E-state index in [0.29, 0.717) is 25.9 Å². The van der Waals surface area contributed by atoms with Gasteiger partial charge in [-0.3, -0.25) is 24.2 Å². The van der Waals surface area contributed by atoms with Gasteiger partial charge in [0.05, 0.1) is 12.0 Å². The smallest absolute Gasteiger partial charge is 0.251 e. The molecule has 3 amide bonds. The molecule has 1 aliphatic carbocycles. The number of nitrogens with one attached hydrogen (secondary N) is 2. The third-order valence-electron chi connectivity index (χ3n) is 10.7. The van der Waals surface area contributed by atoms with Crippen LogP contribution >= 0.6 is 0 Å². The summed E-state index contributed by atoms with van der Waals surface area (Å²) in [4.78, 5) is 50.9. The largest absolute Gasteiger partial charge is 0.369 e. The number of amides is 3. The van der Waals surface area contributed by atoms with Gasteiger partial charge in [0.15, 0.2) is 5.72 Å². The fourth-order valence-electron chi connectivity index (χ4n) is 8.72. The summed E-state index contributed by atoms with van der Waals surface area (Å²) >= 11 is 0. The number of carbonyl (C=O) groups is 3.